The molecule has 1 saturated carbocycles. The second-order valence-corrected chi connectivity index (χ2v) is 5.17. The van der Waals surface area contributed by atoms with Crippen LogP contribution in [-0.2, 0) is 0 Å². The van der Waals surface area contributed by atoms with Crippen LogP contribution in [0.15, 0.2) is 0 Å². The van der Waals surface area contributed by atoms with Crippen LogP contribution in [0.1, 0.15) is 38.5 Å². The normalized spacial score (nSPS) is 50.5. The molecule has 2 nitrogen and oxygen atoms in total. The maximum atomic E-state index is 9.82. The third-order valence-electron chi connectivity index (χ3n) is 4.60. The van der Waals surface area contributed by atoms with Gasteiger partial charge in [0.2, 0.25) is 0 Å². The Morgan fingerprint density at radius 3 is 3.00 bits per heavy atom. The van der Waals surface area contributed by atoms with Crippen molar-refractivity contribution >= 4 is 0 Å². The lowest BCUT2D eigenvalue weighted by Crippen LogP contribution is -2.55. The molecule has 1 spiro atoms. The monoisotopic (exact) mass is 181 g/mol. The summed E-state index contributed by atoms with van der Waals surface area (Å²) in [5.74, 6) is 0.628. The molecule has 0 aromatic rings. The van der Waals surface area contributed by atoms with Crippen LogP contribution < -0.4 is 0 Å². The van der Waals surface area contributed by atoms with E-state index in [2.05, 4.69) is 4.90 Å². The first-order chi connectivity index (χ1) is 6.30. The van der Waals surface area contributed by atoms with Crippen molar-refractivity contribution in [1.29, 1.82) is 0 Å². The maximum Gasteiger partial charge on any atom is 0.0570 e. The smallest absolute Gasteiger partial charge is 0.0570 e. The molecule has 1 unspecified atom stereocenters. The van der Waals surface area contributed by atoms with Gasteiger partial charge in [-0.3, -0.25) is 4.90 Å². The predicted molar refractivity (Wildman–Crippen MR) is 51.5 cm³/mol. The van der Waals surface area contributed by atoms with Crippen LogP contribution in [0.25, 0.3) is 0 Å². The fraction of sp³-hybridized carbons (Fsp3) is 1.00. The first kappa shape index (κ1) is 8.25. The molecule has 2 heteroatoms. The first-order valence-electron chi connectivity index (χ1n) is 5.73. The Labute approximate surface area is 79.9 Å². The average molecular weight is 181 g/mol. The molecule has 13 heavy (non-hydrogen) atoms. The predicted octanol–water partition coefficient (Wildman–Crippen LogP) is 1.39. The van der Waals surface area contributed by atoms with Crippen molar-refractivity contribution in [2.45, 2.75) is 50.2 Å². The van der Waals surface area contributed by atoms with Gasteiger partial charge < -0.3 is 5.11 Å². The maximum absolute atomic E-state index is 9.82. The lowest BCUT2D eigenvalue weighted by molar-refractivity contribution is -0.0511. The van der Waals surface area contributed by atoms with Crippen LogP contribution in [0.3, 0.4) is 0 Å². The molecule has 2 heterocycles. The summed E-state index contributed by atoms with van der Waals surface area (Å²) >= 11 is 0. The summed E-state index contributed by atoms with van der Waals surface area (Å²) in [6.45, 7) is 2.57. The van der Waals surface area contributed by atoms with Crippen LogP contribution in [-0.4, -0.2) is 34.7 Å². The van der Waals surface area contributed by atoms with Gasteiger partial charge in [-0.15, -0.1) is 0 Å². The number of hydrogen-bond acceptors (Lipinski definition) is 2. The zero-order valence-electron chi connectivity index (χ0n) is 8.21. The van der Waals surface area contributed by atoms with Gasteiger partial charge in [-0.25, -0.2) is 0 Å². The van der Waals surface area contributed by atoms with E-state index < -0.39 is 0 Å². The van der Waals surface area contributed by atoms with Gasteiger partial charge >= 0.3 is 0 Å². The molecule has 2 saturated heterocycles. The number of hydrogen-bond donors (Lipinski definition) is 1. The van der Waals surface area contributed by atoms with E-state index in [-0.39, 0.29) is 6.10 Å². The second-order valence-electron chi connectivity index (χ2n) is 5.17. The summed E-state index contributed by atoms with van der Waals surface area (Å²) < 4.78 is 0. The van der Waals surface area contributed by atoms with E-state index in [4.69, 9.17) is 0 Å². The number of nitrogens with zero attached hydrogens (tertiary/aromatic N) is 1. The van der Waals surface area contributed by atoms with Crippen LogP contribution >= 0.6 is 0 Å². The number of rotatable bonds is 0. The number of piperidine rings is 1. The third kappa shape index (κ3) is 1.08. The summed E-state index contributed by atoms with van der Waals surface area (Å²) in [7, 11) is 0. The highest BCUT2D eigenvalue weighted by Crippen LogP contribution is 2.48. The Morgan fingerprint density at radius 2 is 2.08 bits per heavy atom. The van der Waals surface area contributed by atoms with E-state index in [9.17, 15) is 5.11 Å². The fourth-order valence-electron chi connectivity index (χ4n) is 3.85. The standard InChI is InChI=1S/C11H19NO/c13-10-2-5-11-4-1-6-12(11)7-3-9(10)8-11/h9-10,13H,1-8H2/t9-,10?,11-/m0/s1. The number of aliphatic hydroxyl groups is 1. The number of fused-ring (bicyclic) bond motifs is 1. The zero-order chi connectivity index (χ0) is 8.89. The van der Waals surface area contributed by atoms with Crippen molar-refractivity contribution in [3.63, 3.8) is 0 Å². The minimum absolute atomic E-state index is 0.0216. The Bertz CT molecular complexity index is 218. The van der Waals surface area contributed by atoms with E-state index in [0.29, 0.717) is 11.5 Å². The summed E-state index contributed by atoms with van der Waals surface area (Å²) in [4.78, 5) is 2.70. The lowest BCUT2D eigenvalue weighted by atomic mass is 9.69. The molecule has 3 fully saturated rings. The van der Waals surface area contributed by atoms with Gasteiger partial charge in [-0.1, -0.05) is 0 Å². The number of aliphatic hydroxyl groups excluding tert-OH is 1. The molecule has 0 amide bonds. The highest BCUT2D eigenvalue weighted by Gasteiger charge is 2.49. The van der Waals surface area contributed by atoms with Crippen molar-refractivity contribution in [3.8, 4) is 0 Å². The molecule has 2 aliphatic heterocycles. The molecule has 1 aliphatic carbocycles. The molecular weight excluding hydrogens is 162 g/mol. The molecule has 3 aliphatic rings. The van der Waals surface area contributed by atoms with Gasteiger partial charge in [0.25, 0.3) is 0 Å². The summed E-state index contributed by atoms with van der Waals surface area (Å²) in [5, 5.41) is 9.82. The van der Waals surface area contributed by atoms with Gasteiger partial charge in [-0.05, 0) is 57.5 Å². The van der Waals surface area contributed by atoms with Crippen LogP contribution in [0.5, 0.6) is 0 Å². The van der Waals surface area contributed by atoms with Gasteiger partial charge in [0.15, 0.2) is 0 Å². The van der Waals surface area contributed by atoms with Gasteiger partial charge in [0, 0.05) is 5.54 Å². The van der Waals surface area contributed by atoms with Gasteiger partial charge in [-0.2, -0.15) is 0 Å². The van der Waals surface area contributed by atoms with Crippen molar-refractivity contribution in [1.82, 2.24) is 4.90 Å². The zero-order valence-corrected chi connectivity index (χ0v) is 8.21. The fourth-order valence-corrected chi connectivity index (χ4v) is 3.85. The van der Waals surface area contributed by atoms with E-state index >= 15 is 0 Å². The molecule has 0 aromatic carbocycles. The molecule has 2 bridgehead atoms. The molecule has 3 rings (SSSR count). The van der Waals surface area contributed by atoms with Crippen LogP contribution in [0, 0.1) is 5.92 Å². The van der Waals surface area contributed by atoms with Crippen LogP contribution in [0.2, 0.25) is 0 Å². The Hall–Kier alpha value is -0.0800. The highest BCUT2D eigenvalue weighted by molar-refractivity contribution is 5.04. The largest absolute Gasteiger partial charge is 0.393 e. The van der Waals surface area contributed by atoms with Crippen molar-refractivity contribution in [2.24, 2.45) is 5.92 Å². The average Bonchev–Trinajstić information content (AvgIpc) is 2.54. The van der Waals surface area contributed by atoms with E-state index in [1.165, 1.54) is 45.2 Å². The molecular formula is C11H19NO. The Balaban J connectivity index is 1.86. The van der Waals surface area contributed by atoms with Gasteiger partial charge in [0.05, 0.1) is 6.10 Å². The molecule has 0 radical (unpaired) electrons. The Kier molecular flexibility index (Phi) is 1.72. The quantitative estimate of drug-likeness (QED) is 0.610. The molecule has 1 N–H and O–H groups in total. The van der Waals surface area contributed by atoms with Crippen molar-refractivity contribution in [3.05, 3.63) is 0 Å². The molecule has 3 atom stereocenters. The Morgan fingerprint density at radius 1 is 1.15 bits per heavy atom. The SMILES string of the molecule is OC1CC[C@]23CCCN2CC[C@H]1C3. The van der Waals surface area contributed by atoms with Crippen molar-refractivity contribution in [2.75, 3.05) is 13.1 Å². The molecule has 74 valence electrons. The minimum atomic E-state index is 0.0216. The summed E-state index contributed by atoms with van der Waals surface area (Å²) in [5.41, 5.74) is 0.544. The second kappa shape index (κ2) is 2.71. The van der Waals surface area contributed by atoms with Gasteiger partial charge in [0.1, 0.15) is 0 Å². The van der Waals surface area contributed by atoms with E-state index in [1.807, 2.05) is 0 Å². The summed E-state index contributed by atoms with van der Waals surface area (Å²) in [6.07, 6.45) is 7.65. The first-order valence-corrected chi connectivity index (χ1v) is 5.73. The molecule has 0 aromatic heterocycles. The van der Waals surface area contributed by atoms with E-state index in [0.717, 1.165) is 6.42 Å². The third-order valence-corrected chi connectivity index (χ3v) is 4.60. The van der Waals surface area contributed by atoms with E-state index in [1.54, 1.807) is 0 Å². The van der Waals surface area contributed by atoms with Crippen LogP contribution in [0.4, 0.5) is 0 Å². The minimum Gasteiger partial charge on any atom is -0.393 e. The topological polar surface area (TPSA) is 23.5 Å². The van der Waals surface area contributed by atoms with Crippen molar-refractivity contribution < 1.29 is 5.11 Å². The summed E-state index contributed by atoms with van der Waals surface area (Å²) in [6, 6.07) is 0. The highest BCUT2D eigenvalue weighted by atomic mass is 16.3. The lowest BCUT2D eigenvalue weighted by Gasteiger charge is -2.51.